The molecule has 1 heterocycles. The molecule has 1 aliphatic heterocycles. The first-order valence-electron chi connectivity index (χ1n) is 6.55. The maximum absolute atomic E-state index is 12.0. The predicted molar refractivity (Wildman–Crippen MR) is 72.8 cm³/mol. The summed E-state index contributed by atoms with van der Waals surface area (Å²) < 4.78 is 0. The Hall–Kier alpha value is -2.04. The summed E-state index contributed by atoms with van der Waals surface area (Å²) in [7, 11) is 0. The average Bonchev–Trinajstić information content (AvgIpc) is 2.43. The van der Waals surface area contributed by atoms with E-state index in [1.807, 2.05) is 6.92 Å². The predicted octanol–water partition coefficient (Wildman–Crippen LogP) is 2.26. The molecule has 0 unspecified atom stereocenters. The summed E-state index contributed by atoms with van der Waals surface area (Å²) in [6.45, 7) is 3.33. The Morgan fingerprint density at radius 3 is 2.89 bits per heavy atom. The molecular weight excluding hydrogens is 244 g/mol. The summed E-state index contributed by atoms with van der Waals surface area (Å²) in [6.07, 6.45) is 2.56. The van der Waals surface area contributed by atoms with Gasteiger partial charge in [-0.05, 0) is 43.0 Å². The molecule has 0 saturated carbocycles. The van der Waals surface area contributed by atoms with Gasteiger partial charge in [0.1, 0.15) is 0 Å². The molecule has 0 bridgehead atoms. The number of aromatic carboxylic acids is 1. The lowest BCUT2D eigenvalue weighted by atomic mass is 9.99. The van der Waals surface area contributed by atoms with Gasteiger partial charge in [-0.15, -0.1) is 0 Å². The van der Waals surface area contributed by atoms with Crippen LogP contribution in [-0.2, 0) is 6.42 Å². The number of rotatable bonds is 3. The van der Waals surface area contributed by atoms with Gasteiger partial charge in [0.25, 0.3) is 0 Å². The van der Waals surface area contributed by atoms with Crippen molar-refractivity contribution < 1.29 is 14.7 Å². The maximum Gasteiger partial charge on any atom is 0.335 e. The summed E-state index contributed by atoms with van der Waals surface area (Å²) in [5, 5.41) is 11.8. The van der Waals surface area contributed by atoms with Crippen LogP contribution in [0.4, 0.5) is 10.5 Å². The van der Waals surface area contributed by atoms with Crippen LogP contribution < -0.4 is 10.2 Å². The number of carboxylic acids is 1. The van der Waals surface area contributed by atoms with Gasteiger partial charge in [0.05, 0.1) is 5.56 Å². The number of hydrogen-bond acceptors (Lipinski definition) is 2. The van der Waals surface area contributed by atoms with Crippen molar-refractivity contribution in [2.24, 2.45) is 0 Å². The third kappa shape index (κ3) is 2.86. The van der Waals surface area contributed by atoms with Gasteiger partial charge in [0, 0.05) is 18.8 Å². The molecule has 19 heavy (non-hydrogen) atoms. The standard InChI is InChI=1S/C14H18N2O3/c1-2-7-15-14(19)16-8-3-4-10-9-11(13(17)18)5-6-12(10)16/h5-6,9H,2-4,7-8H2,1H3,(H,15,19)(H,17,18). The molecule has 1 aromatic carbocycles. The first kappa shape index (κ1) is 13.4. The van der Waals surface area contributed by atoms with Gasteiger partial charge >= 0.3 is 12.0 Å². The fraction of sp³-hybridized carbons (Fsp3) is 0.429. The van der Waals surface area contributed by atoms with Crippen molar-refractivity contribution in [2.75, 3.05) is 18.0 Å². The maximum atomic E-state index is 12.0. The quantitative estimate of drug-likeness (QED) is 0.877. The van der Waals surface area contributed by atoms with E-state index in [1.165, 1.54) is 0 Å². The summed E-state index contributed by atoms with van der Waals surface area (Å²) >= 11 is 0. The van der Waals surface area contributed by atoms with E-state index in [9.17, 15) is 9.59 Å². The van der Waals surface area contributed by atoms with Crippen molar-refractivity contribution in [2.45, 2.75) is 26.2 Å². The van der Waals surface area contributed by atoms with Crippen LogP contribution in [0.1, 0.15) is 35.7 Å². The first-order valence-corrected chi connectivity index (χ1v) is 6.55. The zero-order chi connectivity index (χ0) is 13.8. The molecule has 0 atom stereocenters. The SMILES string of the molecule is CCCNC(=O)N1CCCc2cc(C(=O)O)ccc21. The third-order valence-electron chi connectivity index (χ3n) is 3.22. The van der Waals surface area contributed by atoms with Gasteiger partial charge in [0.2, 0.25) is 0 Å². The number of anilines is 1. The molecule has 2 amide bonds. The molecule has 2 rings (SSSR count). The zero-order valence-electron chi connectivity index (χ0n) is 11.0. The molecule has 0 aromatic heterocycles. The number of amides is 2. The minimum absolute atomic E-state index is 0.106. The van der Waals surface area contributed by atoms with Crippen molar-refractivity contribution in [3.63, 3.8) is 0 Å². The molecule has 102 valence electrons. The molecule has 5 heteroatoms. The highest BCUT2D eigenvalue weighted by Gasteiger charge is 2.22. The number of nitrogens with one attached hydrogen (secondary N) is 1. The third-order valence-corrected chi connectivity index (χ3v) is 3.22. The topological polar surface area (TPSA) is 69.6 Å². The van der Waals surface area contributed by atoms with E-state index < -0.39 is 5.97 Å². The van der Waals surface area contributed by atoms with Gasteiger partial charge in [-0.25, -0.2) is 9.59 Å². The summed E-state index contributed by atoms with van der Waals surface area (Å²) in [4.78, 5) is 24.7. The molecule has 0 saturated heterocycles. The number of fused-ring (bicyclic) bond motifs is 1. The van der Waals surface area contributed by atoms with Gasteiger partial charge in [-0.2, -0.15) is 0 Å². The van der Waals surface area contributed by atoms with E-state index in [0.29, 0.717) is 13.1 Å². The van der Waals surface area contributed by atoms with Crippen LogP contribution in [0.25, 0.3) is 0 Å². The Balaban J connectivity index is 2.24. The van der Waals surface area contributed by atoms with E-state index in [0.717, 1.165) is 30.5 Å². The lowest BCUT2D eigenvalue weighted by Gasteiger charge is -2.29. The van der Waals surface area contributed by atoms with E-state index in [4.69, 9.17) is 5.11 Å². The van der Waals surface area contributed by atoms with Crippen molar-refractivity contribution in [1.82, 2.24) is 5.32 Å². The lowest BCUT2D eigenvalue weighted by molar-refractivity contribution is 0.0696. The smallest absolute Gasteiger partial charge is 0.335 e. The number of aryl methyl sites for hydroxylation is 1. The van der Waals surface area contributed by atoms with E-state index in [1.54, 1.807) is 23.1 Å². The van der Waals surface area contributed by atoms with Crippen molar-refractivity contribution in [1.29, 1.82) is 0 Å². The van der Waals surface area contributed by atoms with Crippen LogP contribution in [0.2, 0.25) is 0 Å². The normalized spacial score (nSPS) is 13.8. The van der Waals surface area contributed by atoms with E-state index in [-0.39, 0.29) is 11.6 Å². The molecule has 0 aliphatic carbocycles. The average molecular weight is 262 g/mol. The number of nitrogens with zero attached hydrogens (tertiary/aromatic N) is 1. The van der Waals surface area contributed by atoms with Crippen molar-refractivity contribution in [3.8, 4) is 0 Å². The second kappa shape index (κ2) is 5.73. The number of benzene rings is 1. The van der Waals surface area contributed by atoms with E-state index in [2.05, 4.69) is 5.32 Å². The summed E-state index contributed by atoms with van der Waals surface area (Å²) in [5.41, 5.74) is 2.03. The fourth-order valence-corrected chi connectivity index (χ4v) is 2.27. The molecule has 0 spiro atoms. The Labute approximate surface area is 112 Å². The van der Waals surface area contributed by atoms with Crippen LogP contribution in [0, 0.1) is 0 Å². The van der Waals surface area contributed by atoms with Crippen molar-refractivity contribution >= 4 is 17.7 Å². The molecular formula is C14H18N2O3. The number of carbonyl (C=O) groups is 2. The molecule has 0 radical (unpaired) electrons. The minimum atomic E-state index is -0.935. The van der Waals surface area contributed by atoms with Crippen LogP contribution >= 0.6 is 0 Å². The van der Waals surface area contributed by atoms with Crippen LogP contribution in [0.3, 0.4) is 0 Å². The fourth-order valence-electron chi connectivity index (χ4n) is 2.27. The number of carbonyl (C=O) groups excluding carboxylic acids is 1. The van der Waals surface area contributed by atoms with Gasteiger partial charge in [-0.3, -0.25) is 4.90 Å². The van der Waals surface area contributed by atoms with Gasteiger partial charge in [0.15, 0.2) is 0 Å². The Kier molecular flexibility index (Phi) is 4.04. The first-order chi connectivity index (χ1) is 9.13. The highest BCUT2D eigenvalue weighted by Crippen LogP contribution is 2.28. The van der Waals surface area contributed by atoms with Crippen LogP contribution in [-0.4, -0.2) is 30.2 Å². The van der Waals surface area contributed by atoms with Crippen molar-refractivity contribution in [3.05, 3.63) is 29.3 Å². The van der Waals surface area contributed by atoms with Crippen LogP contribution in [0.15, 0.2) is 18.2 Å². The Morgan fingerprint density at radius 1 is 1.42 bits per heavy atom. The molecule has 0 fully saturated rings. The Bertz CT molecular complexity index is 499. The van der Waals surface area contributed by atoms with Gasteiger partial charge < -0.3 is 10.4 Å². The Morgan fingerprint density at radius 2 is 2.21 bits per heavy atom. The second-order valence-electron chi connectivity index (χ2n) is 4.64. The molecule has 5 nitrogen and oxygen atoms in total. The highest BCUT2D eigenvalue weighted by atomic mass is 16.4. The molecule has 2 N–H and O–H groups in total. The summed E-state index contributed by atoms with van der Waals surface area (Å²) in [5.74, 6) is -0.935. The van der Waals surface area contributed by atoms with Gasteiger partial charge in [-0.1, -0.05) is 6.92 Å². The largest absolute Gasteiger partial charge is 0.478 e. The van der Waals surface area contributed by atoms with E-state index >= 15 is 0 Å². The lowest BCUT2D eigenvalue weighted by Crippen LogP contribution is -2.43. The number of hydrogen-bond donors (Lipinski definition) is 2. The zero-order valence-corrected chi connectivity index (χ0v) is 11.0. The molecule has 1 aromatic rings. The molecule has 1 aliphatic rings. The van der Waals surface area contributed by atoms with Crippen LogP contribution in [0.5, 0.6) is 0 Å². The highest BCUT2D eigenvalue weighted by molar-refractivity contribution is 5.95. The number of urea groups is 1. The minimum Gasteiger partial charge on any atom is -0.478 e. The monoisotopic (exact) mass is 262 g/mol. The summed E-state index contributed by atoms with van der Waals surface area (Å²) in [6, 6.07) is 4.83. The number of carboxylic acid groups (broad SMARTS) is 1. The second-order valence-corrected chi connectivity index (χ2v) is 4.64.